The highest BCUT2D eigenvalue weighted by molar-refractivity contribution is 6.20. The van der Waals surface area contributed by atoms with Crippen molar-refractivity contribution in [2.45, 2.75) is 24.4 Å². The van der Waals surface area contributed by atoms with Crippen molar-refractivity contribution in [2.75, 3.05) is 0 Å². The van der Waals surface area contributed by atoms with E-state index in [0.717, 1.165) is 11.1 Å². The molecule has 0 radical (unpaired) electrons. The molecule has 3 aromatic rings. The Kier molecular flexibility index (Phi) is 4.51. The summed E-state index contributed by atoms with van der Waals surface area (Å²) < 4.78 is 13.4. The molecule has 0 bridgehead atoms. The molecule has 0 saturated carbocycles. The Bertz CT molecular complexity index is 1170. The van der Waals surface area contributed by atoms with Crippen LogP contribution >= 0.6 is 0 Å². The minimum absolute atomic E-state index is 0.00778. The van der Waals surface area contributed by atoms with E-state index >= 15 is 0 Å². The summed E-state index contributed by atoms with van der Waals surface area (Å²) >= 11 is 0. The number of ketones is 1. The number of aliphatic hydroxyl groups is 1. The van der Waals surface area contributed by atoms with Gasteiger partial charge in [0.05, 0.1) is 5.57 Å². The summed E-state index contributed by atoms with van der Waals surface area (Å²) in [5, 5.41) is 19.7. The highest BCUT2D eigenvalue weighted by atomic mass is 19.1. The van der Waals surface area contributed by atoms with Gasteiger partial charge >= 0.3 is 0 Å². The molecule has 5 heteroatoms. The molecule has 30 heavy (non-hydrogen) atoms. The molecular weight excluding hydrogens is 379 g/mol. The zero-order valence-electron chi connectivity index (χ0n) is 16.1. The minimum atomic E-state index is -0.535. The maximum Gasteiger partial charge on any atom is 0.195 e. The molecule has 1 aliphatic carbocycles. The predicted octanol–water partition coefficient (Wildman–Crippen LogP) is 6.04. The first kappa shape index (κ1) is 18.4. The molecule has 3 aromatic carbocycles. The second kappa shape index (κ2) is 7.34. The van der Waals surface area contributed by atoms with Crippen LogP contribution < -0.4 is 0 Å². The number of azo groups is 1. The van der Waals surface area contributed by atoms with Crippen LogP contribution in [0.15, 0.2) is 94.7 Å². The van der Waals surface area contributed by atoms with Crippen LogP contribution in [0.2, 0.25) is 0 Å². The Morgan fingerprint density at radius 3 is 2.17 bits per heavy atom. The van der Waals surface area contributed by atoms with Crippen molar-refractivity contribution in [3.8, 4) is 0 Å². The number of carbonyl (C=O) groups is 1. The lowest BCUT2D eigenvalue weighted by atomic mass is 9.80. The van der Waals surface area contributed by atoms with Crippen LogP contribution in [0.3, 0.4) is 0 Å². The molecule has 0 aromatic heterocycles. The molecule has 1 heterocycles. The molecule has 0 saturated heterocycles. The van der Waals surface area contributed by atoms with Crippen molar-refractivity contribution in [1.29, 1.82) is 0 Å². The second-order valence-corrected chi connectivity index (χ2v) is 7.63. The van der Waals surface area contributed by atoms with E-state index in [-0.39, 0.29) is 29.3 Å². The normalized spacial score (nSPS) is 23.0. The molecule has 0 unspecified atom stereocenters. The molecule has 4 nitrogen and oxygen atoms in total. The quantitative estimate of drug-likeness (QED) is 0.584. The van der Waals surface area contributed by atoms with Gasteiger partial charge in [-0.15, -0.1) is 0 Å². The molecule has 3 atom stereocenters. The van der Waals surface area contributed by atoms with Crippen molar-refractivity contribution in [1.82, 2.24) is 0 Å². The highest BCUT2D eigenvalue weighted by Crippen LogP contribution is 2.45. The van der Waals surface area contributed by atoms with Gasteiger partial charge in [-0.1, -0.05) is 66.7 Å². The first-order valence-electron chi connectivity index (χ1n) is 9.91. The van der Waals surface area contributed by atoms with E-state index in [9.17, 15) is 14.3 Å². The fourth-order valence-electron chi connectivity index (χ4n) is 4.40. The Hall–Kier alpha value is -3.60. The summed E-state index contributed by atoms with van der Waals surface area (Å²) in [6.45, 7) is 0. The molecule has 0 fully saturated rings. The summed E-state index contributed by atoms with van der Waals surface area (Å²) in [5.74, 6) is -0.563. The minimum Gasteiger partial charge on any atom is -0.507 e. The number of fused-ring (bicyclic) bond motifs is 1. The van der Waals surface area contributed by atoms with Crippen LogP contribution in [0.1, 0.15) is 45.4 Å². The molecule has 2 aliphatic rings. The number of carbonyl (C=O) groups excluding carboxylic acids is 1. The van der Waals surface area contributed by atoms with Gasteiger partial charge in [0.2, 0.25) is 0 Å². The lowest BCUT2D eigenvalue weighted by Gasteiger charge is -2.31. The number of rotatable bonds is 3. The van der Waals surface area contributed by atoms with Gasteiger partial charge in [0.25, 0.3) is 0 Å². The highest BCUT2D eigenvalue weighted by Gasteiger charge is 2.40. The van der Waals surface area contributed by atoms with E-state index in [1.165, 1.54) is 12.1 Å². The Labute approximate surface area is 173 Å². The zero-order chi connectivity index (χ0) is 20.7. The van der Waals surface area contributed by atoms with Crippen molar-refractivity contribution in [2.24, 2.45) is 10.2 Å². The number of aliphatic hydroxyl groups excluding tert-OH is 1. The first-order chi connectivity index (χ1) is 14.6. The smallest absolute Gasteiger partial charge is 0.195 e. The van der Waals surface area contributed by atoms with Gasteiger partial charge in [-0.05, 0) is 29.7 Å². The van der Waals surface area contributed by atoms with E-state index in [2.05, 4.69) is 10.2 Å². The van der Waals surface area contributed by atoms with E-state index in [1.54, 1.807) is 36.4 Å². The van der Waals surface area contributed by atoms with Crippen LogP contribution in [0, 0.1) is 5.82 Å². The third-order valence-electron chi connectivity index (χ3n) is 5.89. The number of halogens is 1. The number of benzene rings is 3. The van der Waals surface area contributed by atoms with Crippen molar-refractivity contribution < 1.29 is 14.3 Å². The third-order valence-corrected chi connectivity index (χ3v) is 5.89. The number of hydrogen-bond donors (Lipinski definition) is 1. The third kappa shape index (κ3) is 3.03. The summed E-state index contributed by atoms with van der Waals surface area (Å²) in [6, 6.07) is 22.4. The van der Waals surface area contributed by atoms with Gasteiger partial charge in [-0.25, -0.2) is 4.39 Å². The maximum atomic E-state index is 13.4. The van der Waals surface area contributed by atoms with Crippen LogP contribution in [-0.4, -0.2) is 16.9 Å². The lowest BCUT2D eigenvalue weighted by Crippen LogP contribution is -2.25. The van der Waals surface area contributed by atoms with Gasteiger partial charge in [-0.3, -0.25) is 4.79 Å². The first-order valence-corrected chi connectivity index (χ1v) is 9.91. The topological polar surface area (TPSA) is 62.0 Å². The Balaban J connectivity index is 1.56. The monoisotopic (exact) mass is 398 g/mol. The van der Waals surface area contributed by atoms with Gasteiger partial charge < -0.3 is 5.11 Å². The summed E-state index contributed by atoms with van der Waals surface area (Å²) in [4.78, 5) is 13.0. The Morgan fingerprint density at radius 2 is 1.47 bits per heavy atom. The fourth-order valence-corrected chi connectivity index (χ4v) is 4.40. The molecule has 1 aliphatic heterocycles. The Morgan fingerprint density at radius 1 is 0.800 bits per heavy atom. The van der Waals surface area contributed by atoms with Gasteiger partial charge in [0, 0.05) is 17.0 Å². The molecule has 0 spiro atoms. The number of nitrogens with zero attached hydrogens (tertiary/aromatic N) is 2. The predicted molar refractivity (Wildman–Crippen MR) is 112 cm³/mol. The molecule has 148 valence electrons. The van der Waals surface area contributed by atoms with Crippen molar-refractivity contribution >= 4 is 11.5 Å². The molecule has 1 N–H and O–H groups in total. The van der Waals surface area contributed by atoms with Crippen molar-refractivity contribution in [3.63, 3.8) is 0 Å². The zero-order valence-corrected chi connectivity index (χ0v) is 16.1. The largest absolute Gasteiger partial charge is 0.507 e. The van der Waals surface area contributed by atoms with Crippen LogP contribution in [0.4, 0.5) is 4.39 Å². The second-order valence-electron chi connectivity index (χ2n) is 7.63. The summed E-state index contributed by atoms with van der Waals surface area (Å²) in [5.41, 5.74) is 3.28. The van der Waals surface area contributed by atoms with Gasteiger partial charge in [0.15, 0.2) is 5.78 Å². The average Bonchev–Trinajstić information content (AvgIpc) is 3.05. The number of hydrogen-bond acceptors (Lipinski definition) is 4. The number of Topliss-reactive ketones (excluding diaryl/α,β-unsaturated/α-hetero) is 1. The SMILES string of the molecule is O=C1C([C@H]2C[C@@H](c3ccccc3)[C@@H](c3ccc(F)cc3)N=N2)=C(O)c2ccccc21. The van der Waals surface area contributed by atoms with Gasteiger partial charge in [-0.2, -0.15) is 10.2 Å². The van der Waals surface area contributed by atoms with Crippen LogP contribution in [0.25, 0.3) is 5.76 Å². The summed E-state index contributed by atoms with van der Waals surface area (Å²) in [6.07, 6.45) is 0.522. The summed E-state index contributed by atoms with van der Waals surface area (Å²) in [7, 11) is 0. The van der Waals surface area contributed by atoms with E-state index < -0.39 is 6.04 Å². The van der Waals surface area contributed by atoms with Crippen LogP contribution in [-0.2, 0) is 0 Å². The molecule has 0 amide bonds. The molecular formula is C25H19FN2O2. The maximum absolute atomic E-state index is 13.4. The van der Waals surface area contributed by atoms with E-state index in [4.69, 9.17) is 0 Å². The lowest BCUT2D eigenvalue weighted by molar-refractivity contribution is 0.102. The van der Waals surface area contributed by atoms with E-state index in [0.29, 0.717) is 23.1 Å². The van der Waals surface area contributed by atoms with Gasteiger partial charge in [0.1, 0.15) is 23.7 Å². The fraction of sp³-hybridized carbons (Fsp3) is 0.160. The van der Waals surface area contributed by atoms with E-state index in [1.807, 2.05) is 30.3 Å². The molecule has 5 rings (SSSR count). The average molecular weight is 398 g/mol. The standard InChI is InChI=1S/C25H19FN2O2/c26-17-12-10-16(11-13-17)23-20(15-6-2-1-3-7-15)14-21(27-28-23)22-24(29)18-8-4-5-9-19(18)25(22)30/h1-13,20-21,23,29H,14H2/t20-,21+,23+/m0/s1. The van der Waals surface area contributed by atoms with Crippen LogP contribution in [0.5, 0.6) is 0 Å². The van der Waals surface area contributed by atoms with Crippen molar-refractivity contribution in [3.05, 3.63) is 113 Å².